The first kappa shape index (κ1) is 13.0. The van der Waals surface area contributed by atoms with E-state index in [4.69, 9.17) is 10.5 Å². The van der Waals surface area contributed by atoms with Gasteiger partial charge in [0.05, 0.1) is 10.7 Å². The first-order valence-electron chi connectivity index (χ1n) is 5.38. The molecule has 0 saturated carbocycles. The molecule has 0 aliphatic heterocycles. The van der Waals surface area contributed by atoms with Crippen LogP contribution in [0.2, 0.25) is 0 Å². The van der Waals surface area contributed by atoms with Crippen molar-refractivity contribution in [3.05, 3.63) is 51.9 Å². The number of nitrogens with zero attached hydrogens (tertiary/aromatic N) is 1. The Morgan fingerprint density at radius 2 is 2.17 bits per heavy atom. The van der Waals surface area contributed by atoms with Crippen molar-refractivity contribution in [1.82, 2.24) is 4.98 Å². The van der Waals surface area contributed by atoms with E-state index in [9.17, 15) is 4.39 Å². The molecule has 0 unspecified atom stereocenters. The van der Waals surface area contributed by atoms with Crippen molar-refractivity contribution in [3.63, 3.8) is 0 Å². The topological polar surface area (TPSA) is 48.1 Å². The van der Waals surface area contributed by atoms with E-state index < -0.39 is 5.82 Å². The predicted molar refractivity (Wildman–Crippen MR) is 71.0 cm³/mol. The van der Waals surface area contributed by atoms with E-state index in [0.717, 1.165) is 16.2 Å². The Hall–Kier alpha value is -1.46. The van der Waals surface area contributed by atoms with Crippen LogP contribution in [0.25, 0.3) is 0 Å². The Kier molecular flexibility index (Phi) is 3.93. The maximum Gasteiger partial charge on any atom is 0.223 e. The first-order valence-corrected chi connectivity index (χ1v) is 6.18. The van der Waals surface area contributed by atoms with E-state index in [1.807, 2.05) is 25.1 Å². The van der Waals surface area contributed by atoms with Gasteiger partial charge in [0.2, 0.25) is 5.88 Å². The highest BCUT2D eigenvalue weighted by Gasteiger charge is 2.09. The second kappa shape index (κ2) is 5.46. The molecule has 1 heterocycles. The Morgan fingerprint density at radius 3 is 2.83 bits per heavy atom. The lowest BCUT2D eigenvalue weighted by Gasteiger charge is -2.10. The first-order chi connectivity index (χ1) is 8.60. The third-order valence-electron chi connectivity index (χ3n) is 2.41. The summed E-state index contributed by atoms with van der Waals surface area (Å²) in [5.74, 6) is 0.517. The van der Waals surface area contributed by atoms with Gasteiger partial charge in [0.15, 0.2) is 0 Å². The fourth-order valence-corrected chi connectivity index (χ4v) is 2.07. The normalized spacial score (nSPS) is 10.4. The molecule has 0 saturated heterocycles. The fourth-order valence-electron chi connectivity index (χ4n) is 1.50. The second-order valence-electron chi connectivity index (χ2n) is 3.86. The summed E-state index contributed by atoms with van der Waals surface area (Å²) in [7, 11) is 0. The highest BCUT2D eigenvalue weighted by molar-refractivity contribution is 9.10. The van der Waals surface area contributed by atoms with Gasteiger partial charge >= 0.3 is 0 Å². The molecule has 0 aliphatic carbocycles. The van der Waals surface area contributed by atoms with Gasteiger partial charge in [-0.05, 0) is 46.6 Å². The van der Waals surface area contributed by atoms with E-state index in [-0.39, 0.29) is 6.54 Å². The number of pyridine rings is 1. The highest BCUT2D eigenvalue weighted by Crippen LogP contribution is 2.31. The molecule has 0 amide bonds. The largest absolute Gasteiger partial charge is 0.438 e. The maximum atomic E-state index is 13.0. The van der Waals surface area contributed by atoms with Crippen LogP contribution >= 0.6 is 15.9 Å². The molecule has 5 heteroatoms. The zero-order chi connectivity index (χ0) is 13.1. The molecule has 2 rings (SSSR count). The molecule has 0 atom stereocenters. The molecule has 2 N–H and O–H groups in total. The number of rotatable bonds is 3. The number of aromatic nitrogens is 1. The Morgan fingerprint density at radius 1 is 1.39 bits per heavy atom. The monoisotopic (exact) mass is 310 g/mol. The number of halogens is 2. The van der Waals surface area contributed by atoms with Crippen LogP contribution in [0, 0.1) is 12.7 Å². The minimum absolute atomic E-state index is 0.170. The Bertz CT molecular complexity index is 575. The second-order valence-corrected chi connectivity index (χ2v) is 4.71. The van der Waals surface area contributed by atoms with Gasteiger partial charge in [0, 0.05) is 12.1 Å². The molecule has 0 aliphatic rings. The third kappa shape index (κ3) is 2.86. The van der Waals surface area contributed by atoms with Crippen LogP contribution in [-0.2, 0) is 6.54 Å². The van der Waals surface area contributed by atoms with Crippen LogP contribution in [-0.4, -0.2) is 4.98 Å². The molecule has 2 aromatic rings. The van der Waals surface area contributed by atoms with Crippen molar-refractivity contribution >= 4 is 15.9 Å². The number of ether oxygens (including phenoxy) is 1. The van der Waals surface area contributed by atoms with Crippen LogP contribution in [0.1, 0.15) is 11.1 Å². The lowest BCUT2D eigenvalue weighted by Crippen LogP contribution is -2.02. The van der Waals surface area contributed by atoms with Gasteiger partial charge in [-0.2, -0.15) is 0 Å². The average Bonchev–Trinajstić information content (AvgIpc) is 2.34. The number of benzene rings is 1. The number of hydrogen-bond acceptors (Lipinski definition) is 3. The van der Waals surface area contributed by atoms with E-state index in [0.29, 0.717) is 17.2 Å². The fraction of sp³-hybridized carbons (Fsp3) is 0.154. The molecule has 18 heavy (non-hydrogen) atoms. The summed E-state index contributed by atoms with van der Waals surface area (Å²) in [6.07, 6.45) is 1.11. The summed E-state index contributed by atoms with van der Waals surface area (Å²) < 4.78 is 19.5. The molecular weight excluding hydrogens is 299 g/mol. The van der Waals surface area contributed by atoms with Gasteiger partial charge < -0.3 is 10.5 Å². The van der Waals surface area contributed by atoms with Gasteiger partial charge in [-0.25, -0.2) is 9.37 Å². The summed E-state index contributed by atoms with van der Waals surface area (Å²) in [4.78, 5) is 3.91. The highest BCUT2D eigenvalue weighted by atomic mass is 79.9. The van der Waals surface area contributed by atoms with Gasteiger partial charge in [-0.15, -0.1) is 0 Å². The van der Waals surface area contributed by atoms with E-state index in [2.05, 4.69) is 20.9 Å². The van der Waals surface area contributed by atoms with Crippen molar-refractivity contribution in [2.45, 2.75) is 13.5 Å². The van der Waals surface area contributed by atoms with Crippen molar-refractivity contribution in [2.75, 3.05) is 0 Å². The summed E-state index contributed by atoms with van der Waals surface area (Å²) in [5, 5.41) is 0. The van der Waals surface area contributed by atoms with Crippen LogP contribution in [0.4, 0.5) is 4.39 Å². The number of aryl methyl sites for hydroxylation is 1. The van der Waals surface area contributed by atoms with Crippen molar-refractivity contribution in [3.8, 4) is 11.6 Å². The third-order valence-corrected chi connectivity index (χ3v) is 3.03. The van der Waals surface area contributed by atoms with Gasteiger partial charge in [0.25, 0.3) is 0 Å². The summed E-state index contributed by atoms with van der Waals surface area (Å²) in [6, 6.07) is 7.00. The zero-order valence-corrected chi connectivity index (χ0v) is 11.4. The molecule has 0 bridgehead atoms. The van der Waals surface area contributed by atoms with Crippen LogP contribution in [0.3, 0.4) is 0 Å². The minimum atomic E-state index is -0.425. The van der Waals surface area contributed by atoms with Crippen molar-refractivity contribution < 1.29 is 9.13 Å². The average molecular weight is 311 g/mol. The molecule has 3 nitrogen and oxygen atoms in total. The predicted octanol–water partition coefficient (Wildman–Crippen LogP) is 3.54. The Balaban J connectivity index is 2.33. The summed E-state index contributed by atoms with van der Waals surface area (Å²) in [6.45, 7) is 2.15. The van der Waals surface area contributed by atoms with Crippen molar-refractivity contribution in [1.29, 1.82) is 0 Å². The number of hydrogen-bond donors (Lipinski definition) is 1. The molecule has 0 spiro atoms. The van der Waals surface area contributed by atoms with Gasteiger partial charge in [-0.1, -0.05) is 6.07 Å². The van der Waals surface area contributed by atoms with Crippen LogP contribution < -0.4 is 10.5 Å². The SMILES string of the molecule is Cc1ccc(Oc2ncc(F)cc2CN)c(Br)c1. The van der Waals surface area contributed by atoms with Crippen LogP contribution in [0.5, 0.6) is 11.6 Å². The number of nitrogens with two attached hydrogens (primary N) is 1. The summed E-state index contributed by atoms with van der Waals surface area (Å²) in [5.41, 5.74) is 7.18. The molecule has 1 aromatic heterocycles. The lowest BCUT2D eigenvalue weighted by molar-refractivity contribution is 0.449. The van der Waals surface area contributed by atoms with E-state index in [1.165, 1.54) is 6.07 Å². The smallest absolute Gasteiger partial charge is 0.223 e. The van der Waals surface area contributed by atoms with Gasteiger partial charge in [-0.3, -0.25) is 0 Å². The molecular formula is C13H12BrFN2O. The maximum absolute atomic E-state index is 13.0. The van der Waals surface area contributed by atoms with Gasteiger partial charge in [0.1, 0.15) is 11.6 Å². The standard InChI is InChI=1S/C13H12BrFN2O/c1-8-2-3-12(11(14)4-8)18-13-9(6-16)5-10(15)7-17-13/h2-5,7H,6,16H2,1H3. The molecule has 1 aromatic carbocycles. The molecule has 0 fully saturated rings. The zero-order valence-electron chi connectivity index (χ0n) is 9.78. The Labute approximate surface area is 113 Å². The summed E-state index contributed by atoms with van der Waals surface area (Å²) >= 11 is 3.41. The van der Waals surface area contributed by atoms with E-state index >= 15 is 0 Å². The lowest BCUT2D eigenvalue weighted by atomic mass is 10.2. The quantitative estimate of drug-likeness (QED) is 0.943. The minimum Gasteiger partial charge on any atom is -0.438 e. The van der Waals surface area contributed by atoms with Crippen molar-refractivity contribution in [2.24, 2.45) is 5.73 Å². The van der Waals surface area contributed by atoms with Crippen LogP contribution in [0.15, 0.2) is 34.9 Å². The molecule has 0 radical (unpaired) electrons. The van der Waals surface area contributed by atoms with E-state index in [1.54, 1.807) is 0 Å². The molecule has 94 valence electrons.